The van der Waals surface area contributed by atoms with Gasteiger partial charge in [-0.15, -0.1) is 0 Å². The summed E-state index contributed by atoms with van der Waals surface area (Å²) in [7, 11) is 0. The third-order valence-corrected chi connectivity index (χ3v) is 1.28. The molecule has 0 aromatic rings. The zero-order valence-corrected chi connectivity index (χ0v) is 8.91. The van der Waals surface area contributed by atoms with Crippen molar-refractivity contribution in [1.29, 1.82) is 0 Å². The maximum Gasteiger partial charge on any atom is 0.336 e. The largest absolute Gasteiger partial charge is 0.478 e. The minimum Gasteiger partial charge on any atom is -0.478 e. The second-order valence-electron chi connectivity index (χ2n) is 2.80. The summed E-state index contributed by atoms with van der Waals surface area (Å²) >= 11 is 0. The molecule has 1 unspecified atom stereocenters. The van der Waals surface area contributed by atoms with Gasteiger partial charge in [-0.2, -0.15) is 0 Å². The van der Waals surface area contributed by atoms with Crippen molar-refractivity contribution in [3.63, 3.8) is 0 Å². The van der Waals surface area contributed by atoms with Gasteiger partial charge in [0.15, 0.2) is 0 Å². The van der Waals surface area contributed by atoms with Crippen molar-refractivity contribution in [3.05, 3.63) is 24.3 Å². The topological polar surface area (TPSA) is 107 Å². The molecule has 0 aromatic carbocycles. The molecule has 0 aromatic heterocycles. The van der Waals surface area contributed by atoms with Gasteiger partial charge in [0.2, 0.25) is 6.29 Å². The van der Waals surface area contributed by atoms with E-state index in [1.54, 1.807) is 0 Å². The maximum absolute atomic E-state index is 11.0. The lowest BCUT2D eigenvalue weighted by atomic mass is 10.4. The fraction of sp³-hybridized carbons (Fsp3) is 0.200. The van der Waals surface area contributed by atoms with E-state index in [0.717, 1.165) is 0 Å². The molecule has 92 valence electrons. The number of ether oxygens (including phenoxy) is 2. The molecular formula is C10H10O7. The molecule has 0 saturated heterocycles. The van der Waals surface area contributed by atoms with Crippen molar-refractivity contribution in [2.45, 2.75) is 13.2 Å². The van der Waals surface area contributed by atoms with E-state index >= 15 is 0 Å². The summed E-state index contributed by atoms with van der Waals surface area (Å²) in [5.41, 5.74) is 0.0222. The smallest absolute Gasteiger partial charge is 0.336 e. The Morgan fingerprint density at radius 3 is 2.24 bits per heavy atom. The first-order valence-corrected chi connectivity index (χ1v) is 4.30. The number of carboxylic acids is 1. The van der Waals surface area contributed by atoms with Gasteiger partial charge in [-0.3, -0.25) is 4.79 Å². The summed E-state index contributed by atoms with van der Waals surface area (Å²) in [6, 6.07) is 0. The second kappa shape index (κ2) is 6.94. The molecular weight excluding hydrogens is 232 g/mol. The Bertz CT molecular complexity index is 380. The lowest BCUT2D eigenvalue weighted by Crippen LogP contribution is -2.25. The SMILES string of the molecule is C=C(C)C(=O)OC(C=O)OC(=O)C=CC(=O)O. The number of aliphatic carboxylic acids is 1. The molecule has 0 aliphatic rings. The Kier molecular flexibility index (Phi) is 5.94. The van der Waals surface area contributed by atoms with Crippen molar-refractivity contribution in [2.24, 2.45) is 0 Å². The van der Waals surface area contributed by atoms with Gasteiger partial charge in [-0.1, -0.05) is 6.58 Å². The van der Waals surface area contributed by atoms with Gasteiger partial charge in [0.05, 0.1) is 0 Å². The average Bonchev–Trinajstić information content (AvgIpc) is 2.25. The number of rotatable bonds is 6. The molecule has 0 bridgehead atoms. The van der Waals surface area contributed by atoms with E-state index in [0.29, 0.717) is 12.2 Å². The Morgan fingerprint density at radius 2 is 1.82 bits per heavy atom. The van der Waals surface area contributed by atoms with Crippen LogP contribution in [0.1, 0.15) is 6.92 Å². The van der Waals surface area contributed by atoms with Gasteiger partial charge in [0.1, 0.15) is 0 Å². The molecule has 0 spiro atoms. The maximum atomic E-state index is 11.0. The molecule has 0 radical (unpaired) electrons. The van der Waals surface area contributed by atoms with Gasteiger partial charge in [-0.05, 0) is 6.92 Å². The number of esters is 2. The third-order valence-electron chi connectivity index (χ3n) is 1.28. The minimum absolute atomic E-state index is 0.0222. The van der Waals surface area contributed by atoms with Crippen molar-refractivity contribution in [3.8, 4) is 0 Å². The first-order valence-electron chi connectivity index (χ1n) is 4.30. The zero-order valence-electron chi connectivity index (χ0n) is 8.91. The summed E-state index contributed by atoms with van der Waals surface area (Å²) in [5.74, 6) is -3.39. The normalized spacial score (nSPS) is 11.6. The molecule has 0 amide bonds. The quantitative estimate of drug-likeness (QED) is 0.298. The number of hydrogen-bond acceptors (Lipinski definition) is 6. The van der Waals surface area contributed by atoms with Gasteiger partial charge in [0.25, 0.3) is 0 Å². The Labute approximate surface area is 96.3 Å². The van der Waals surface area contributed by atoms with Crippen LogP contribution in [0.15, 0.2) is 24.3 Å². The van der Waals surface area contributed by atoms with Crippen LogP contribution < -0.4 is 0 Å². The molecule has 1 atom stereocenters. The first-order chi connectivity index (χ1) is 7.86. The average molecular weight is 242 g/mol. The second-order valence-corrected chi connectivity index (χ2v) is 2.80. The van der Waals surface area contributed by atoms with E-state index in [9.17, 15) is 19.2 Å². The van der Waals surface area contributed by atoms with Crippen LogP contribution in [0.2, 0.25) is 0 Å². The van der Waals surface area contributed by atoms with Crippen molar-refractivity contribution in [2.75, 3.05) is 0 Å². The van der Waals surface area contributed by atoms with Crippen LogP contribution in [0, 0.1) is 0 Å². The number of carboxylic acid groups (broad SMARTS) is 1. The number of aldehydes is 1. The monoisotopic (exact) mass is 242 g/mol. The number of carbonyl (C=O) groups is 4. The van der Waals surface area contributed by atoms with Crippen molar-refractivity contribution in [1.82, 2.24) is 0 Å². The molecule has 7 nitrogen and oxygen atoms in total. The van der Waals surface area contributed by atoms with E-state index in [-0.39, 0.29) is 11.9 Å². The Hall–Kier alpha value is -2.44. The molecule has 17 heavy (non-hydrogen) atoms. The van der Waals surface area contributed by atoms with E-state index in [2.05, 4.69) is 16.1 Å². The highest BCUT2D eigenvalue weighted by atomic mass is 16.7. The summed E-state index contributed by atoms with van der Waals surface area (Å²) < 4.78 is 8.74. The van der Waals surface area contributed by atoms with Crippen LogP contribution in [0.5, 0.6) is 0 Å². The van der Waals surface area contributed by atoms with Crippen LogP contribution in [0.25, 0.3) is 0 Å². The fourth-order valence-electron chi connectivity index (χ4n) is 0.579. The highest BCUT2D eigenvalue weighted by Gasteiger charge is 2.17. The third kappa shape index (κ3) is 6.61. The summed E-state index contributed by atoms with van der Waals surface area (Å²) in [6.07, 6.45) is -0.559. The van der Waals surface area contributed by atoms with E-state index in [4.69, 9.17) is 5.11 Å². The van der Waals surface area contributed by atoms with Crippen molar-refractivity contribution >= 4 is 24.2 Å². The predicted octanol–water partition coefficient (Wildman–Crippen LogP) is -0.185. The molecule has 1 N–H and O–H groups in total. The first kappa shape index (κ1) is 14.6. The van der Waals surface area contributed by atoms with Gasteiger partial charge >= 0.3 is 24.2 Å². The van der Waals surface area contributed by atoms with Gasteiger partial charge < -0.3 is 14.6 Å². The lowest BCUT2D eigenvalue weighted by Gasteiger charge is -2.11. The zero-order chi connectivity index (χ0) is 13.4. The molecule has 0 saturated carbocycles. The van der Waals surface area contributed by atoms with E-state index in [1.807, 2.05) is 0 Å². The van der Waals surface area contributed by atoms with E-state index < -0.39 is 24.2 Å². The number of carbonyl (C=O) groups excluding carboxylic acids is 3. The molecule has 0 rings (SSSR count). The molecule has 0 heterocycles. The standard InChI is InChI=1S/C10H10O7/c1-6(2)10(15)17-9(5-11)16-8(14)4-3-7(12)13/h3-5,9H,1H2,2H3,(H,12,13). The highest BCUT2D eigenvalue weighted by Crippen LogP contribution is 1.99. The van der Waals surface area contributed by atoms with E-state index in [1.165, 1.54) is 6.92 Å². The fourth-order valence-corrected chi connectivity index (χ4v) is 0.579. The van der Waals surface area contributed by atoms with Crippen LogP contribution >= 0.6 is 0 Å². The number of hydrogen-bond donors (Lipinski definition) is 1. The summed E-state index contributed by atoms with van der Waals surface area (Å²) in [6.45, 7) is 4.60. The Morgan fingerprint density at radius 1 is 1.24 bits per heavy atom. The van der Waals surface area contributed by atoms with Crippen molar-refractivity contribution < 1.29 is 33.8 Å². The molecule has 0 fully saturated rings. The van der Waals surface area contributed by atoms with Gasteiger partial charge in [-0.25, -0.2) is 14.4 Å². The van der Waals surface area contributed by atoms with Crippen LogP contribution in [-0.2, 0) is 28.7 Å². The molecule has 0 aliphatic heterocycles. The summed E-state index contributed by atoms with van der Waals surface area (Å²) in [5, 5.41) is 8.21. The van der Waals surface area contributed by atoms with Gasteiger partial charge in [0, 0.05) is 17.7 Å². The lowest BCUT2D eigenvalue weighted by molar-refractivity contribution is -0.181. The predicted molar refractivity (Wildman–Crippen MR) is 53.6 cm³/mol. The molecule has 0 aliphatic carbocycles. The highest BCUT2D eigenvalue weighted by molar-refractivity contribution is 5.92. The molecule has 7 heteroatoms. The van der Waals surface area contributed by atoms with Crippen LogP contribution in [0.3, 0.4) is 0 Å². The minimum atomic E-state index is -1.73. The van der Waals surface area contributed by atoms with Crippen LogP contribution in [0.4, 0.5) is 0 Å². The Balaban J connectivity index is 4.36. The van der Waals surface area contributed by atoms with Crippen LogP contribution in [-0.4, -0.2) is 35.6 Å². The summed E-state index contributed by atoms with van der Waals surface area (Å²) in [4.78, 5) is 42.4.